The van der Waals surface area contributed by atoms with Crippen molar-refractivity contribution in [2.24, 2.45) is 0 Å². The standard InChI is InChI=1S/C16H25N3O/c1-18(2)11-5-9-17-10-13-19-12-8-14-15(19)6-4-7-16(14)20-3/h4,6-8,12,17H,5,9-11,13H2,1-3H3. The lowest BCUT2D eigenvalue weighted by atomic mass is 10.2. The maximum atomic E-state index is 5.39. The van der Waals surface area contributed by atoms with Gasteiger partial charge in [-0.05, 0) is 51.8 Å². The van der Waals surface area contributed by atoms with E-state index in [2.05, 4.69) is 47.2 Å². The van der Waals surface area contributed by atoms with Crippen molar-refractivity contribution in [3.8, 4) is 5.75 Å². The van der Waals surface area contributed by atoms with Crippen LogP contribution in [0.5, 0.6) is 5.75 Å². The van der Waals surface area contributed by atoms with Gasteiger partial charge in [0.25, 0.3) is 0 Å². The summed E-state index contributed by atoms with van der Waals surface area (Å²) in [6.45, 7) is 4.18. The molecule has 4 heteroatoms. The van der Waals surface area contributed by atoms with Gasteiger partial charge in [0.15, 0.2) is 0 Å². The molecule has 1 heterocycles. The molecule has 2 rings (SSSR count). The average Bonchev–Trinajstić information content (AvgIpc) is 2.85. The molecule has 110 valence electrons. The predicted molar refractivity (Wildman–Crippen MR) is 84.5 cm³/mol. The van der Waals surface area contributed by atoms with Gasteiger partial charge in [-0.1, -0.05) is 6.07 Å². The van der Waals surface area contributed by atoms with E-state index in [-0.39, 0.29) is 0 Å². The van der Waals surface area contributed by atoms with E-state index in [1.807, 2.05) is 12.1 Å². The molecule has 2 aromatic rings. The van der Waals surface area contributed by atoms with Crippen LogP contribution in [0, 0.1) is 0 Å². The molecule has 0 aliphatic carbocycles. The molecule has 0 amide bonds. The number of ether oxygens (including phenoxy) is 1. The van der Waals surface area contributed by atoms with E-state index in [0.29, 0.717) is 0 Å². The smallest absolute Gasteiger partial charge is 0.128 e. The van der Waals surface area contributed by atoms with E-state index in [1.165, 1.54) is 17.3 Å². The van der Waals surface area contributed by atoms with E-state index < -0.39 is 0 Å². The summed E-state index contributed by atoms with van der Waals surface area (Å²) in [5.41, 5.74) is 1.24. The van der Waals surface area contributed by atoms with Crippen molar-refractivity contribution in [3.05, 3.63) is 30.5 Å². The van der Waals surface area contributed by atoms with Gasteiger partial charge >= 0.3 is 0 Å². The second-order valence-corrected chi connectivity index (χ2v) is 5.31. The Morgan fingerprint density at radius 2 is 2.05 bits per heavy atom. The van der Waals surface area contributed by atoms with Crippen LogP contribution in [0.15, 0.2) is 30.5 Å². The topological polar surface area (TPSA) is 29.4 Å². The zero-order valence-corrected chi connectivity index (χ0v) is 12.7. The number of hydrogen-bond donors (Lipinski definition) is 1. The van der Waals surface area contributed by atoms with Crippen molar-refractivity contribution < 1.29 is 4.74 Å². The fourth-order valence-corrected chi connectivity index (χ4v) is 2.41. The Morgan fingerprint density at radius 3 is 2.80 bits per heavy atom. The van der Waals surface area contributed by atoms with Gasteiger partial charge in [-0.15, -0.1) is 0 Å². The second kappa shape index (κ2) is 7.31. The van der Waals surface area contributed by atoms with Gasteiger partial charge in [0.05, 0.1) is 12.6 Å². The third-order valence-electron chi connectivity index (χ3n) is 3.48. The van der Waals surface area contributed by atoms with Crippen molar-refractivity contribution in [3.63, 3.8) is 0 Å². The van der Waals surface area contributed by atoms with Crippen molar-refractivity contribution in [2.45, 2.75) is 13.0 Å². The van der Waals surface area contributed by atoms with Gasteiger partial charge in [-0.3, -0.25) is 0 Å². The van der Waals surface area contributed by atoms with Gasteiger partial charge < -0.3 is 19.5 Å². The molecule has 1 N–H and O–H groups in total. The maximum Gasteiger partial charge on any atom is 0.128 e. The average molecular weight is 275 g/mol. The van der Waals surface area contributed by atoms with E-state index in [9.17, 15) is 0 Å². The van der Waals surface area contributed by atoms with Gasteiger partial charge in [0.2, 0.25) is 0 Å². The molecular weight excluding hydrogens is 250 g/mol. The van der Waals surface area contributed by atoms with Crippen LogP contribution in [-0.2, 0) is 6.54 Å². The molecule has 4 nitrogen and oxygen atoms in total. The Morgan fingerprint density at radius 1 is 1.20 bits per heavy atom. The third-order valence-corrected chi connectivity index (χ3v) is 3.48. The number of nitrogens with one attached hydrogen (secondary N) is 1. The van der Waals surface area contributed by atoms with Gasteiger partial charge in [-0.25, -0.2) is 0 Å². The molecule has 0 unspecified atom stereocenters. The lowest BCUT2D eigenvalue weighted by Crippen LogP contribution is -2.24. The summed E-state index contributed by atoms with van der Waals surface area (Å²) in [5, 5.41) is 4.68. The molecule has 1 aromatic heterocycles. The summed E-state index contributed by atoms with van der Waals surface area (Å²) in [5.74, 6) is 0.945. The Bertz CT molecular complexity index is 534. The molecule has 0 spiro atoms. The highest BCUT2D eigenvalue weighted by molar-refractivity contribution is 5.86. The first-order valence-corrected chi connectivity index (χ1v) is 7.19. The molecule has 0 atom stereocenters. The monoisotopic (exact) mass is 275 g/mol. The largest absolute Gasteiger partial charge is 0.496 e. The minimum atomic E-state index is 0.945. The van der Waals surface area contributed by atoms with E-state index in [0.717, 1.165) is 31.9 Å². The van der Waals surface area contributed by atoms with Crippen LogP contribution < -0.4 is 10.1 Å². The van der Waals surface area contributed by atoms with Crippen LogP contribution in [0.4, 0.5) is 0 Å². The number of fused-ring (bicyclic) bond motifs is 1. The lowest BCUT2D eigenvalue weighted by molar-refractivity contribution is 0.393. The fourth-order valence-electron chi connectivity index (χ4n) is 2.41. The number of rotatable bonds is 8. The van der Waals surface area contributed by atoms with Crippen LogP contribution in [0.3, 0.4) is 0 Å². The SMILES string of the molecule is COc1cccc2c1ccn2CCNCCCN(C)C. The molecular formula is C16H25N3O. The summed E-state index contributed by atoms with van der Waals surface area (Å²) in [4.78, 5) is 2.22. The van der Waals surface area contributed by atoms with Gasteiger partial charge in [0, 0.05) is 24.7 Å². The highest BCUT2D eigenvalue weighted by Crippen LogP contribution is 2.25. The Kier molecular flexibility index (Phi) is 5.44. The first-order valence-electron chi connectivity index (χ1n) is 7.19. The molecule has 0 fully saturated rings. The summed E-state index contributed by atoms with van der Waals surface area (Å²) in [6, 6.07) is 8.32. The van der Waals surface area contributed by atoms with Crippen molar-refractivity contribution in [1.29, 1.82) is 0 Å². The first kappa shape index (κ1) is 14.9. The Labute approximate surface area is 121 Å². The first-order chi connectivity index (χ1) is 9.72. The molecule has 0 aliphatic heterocycles. The summed E-state index contributed by atoms with van der Waals surface area (Å²) in [6.07, 6.45) is 3.32. The lowest BCUT2D eigenvalue weighted by Gasteiger charge is -2.10. The predicted octanol–water partition coefficient (Wildman–Crippen LogP) is 2.19. The number of aromatic nitrogens is 1. The highest BCUT2D eigenvalue weighted by Gasteiger charge is 2.05. The second-order valence-electron chi connectivity index (χ2n) is 5.31. The number of nitrogens with zero attached hydrogens (tertiary/aromatic N) is 2. The number of benzene rings is 1. The molecule has 1 aromatic carbocycles. The minimum Gasteiger partial charge on any atom is -0.496 e. The molecule has 0 aliphatic rings. The van der Waals surface area contributed by atoms with Crippen LogP contribution in [0.1, 0.15) is 6.42 Å². The quantitative estimate of drug-likeness (QED) is 0.749. The van der Waals surface area contributed by atoms with Crippen molar-refractivity contribution in [2.75, 3.05) is 40.8 Å². The zero-order chi connectivity index (χ0) is 14.4. The van der Waals surface area contributed by atoms with Crippen molar-refractivity contribution in [1.82, 2.24) is 14.8 Å². The summed E-state index contributed by atoms with van der Waals surface area (Å²) < 4.78 is 7.66. The fraction of sp³-hybridized carbons (Fsp3) is 0.500. The third kappa shape index (κ3) is 3.74. The Balaban J connectivity index is 1.85. The van der Waals surface area contributed by atoms with Crippen molar-refractivity contribution >= 4 is 10.9 Å². The number of hydrogen-bond acceptors (Lipinski definition) is 3. The molecule has 0 saturated heterocycles. The van der Waals surface area contributed by atoms with E-state index in [1.54, 1.807) is 7.11 Å². The van der Waals surface area contributed by atoms with Crippen LogP contribution >= 0.6 is 0 Å². The van der Waals surface area contributed by atoms with Gasteiger partial charge in [-0.2, -0.15) is 0 Å². The van der Waals surface area contributed by atoms with Gasteiger partial charge in [0.1, 0.15) is 5.75 Å². The van der Waals surface area contributed by atoms with E-state index >= 15 is 0 Å². The summed E-state index contributed by atoms with van der Waals surface area (Å²) >= 11 is 0. The molecule has 0 radical (unpaired) electrons. The van der Waals surface area contributed by atoms with Crippen LogP contribution in [0.25, 0.3) is 10.9 Å². The Hall–Kier alpha value is -1.52. The normalized spacial score (nSPS) is 11.4. The van der Waals surface area contributed by atoms with E-state index in [4.69, 9.17) is 4.74 Å². The van der Waals surface area contributed by atoms with Crippen LogP contribution in [-0.4, -0.2) is 50.3 Å². The summed E-state index contributed by atoms with van der Waals surface area (Å²) in [7, 11) is 5.94. The molecule has 20 heavy (non-hydrogen) atoms. The minimum absolute atomic E-state index is 0.945. The number of methoxy groups -OCH3 is 1. The zero-order valence-electron chi connectivity index (χ0n) is 12.7. The maximum absolute atomic E-state index is 5.39. The molecule has 0 saturated carbocycles. The molecule has 0 bridgehead atoms. The van der Waals surface area contributed by atoms with Crippen LogP contribution in [0.2, 0.25) is 0 Å². The highest BCUT2D eigenvalue weighted by atomic mass is 16.5.